The minimum absolute atomic E-state index is 0.0346. The van der Waals surface area contributed by atoms with Crippen LogP contribution in [0.1, 0.15) is 23.7 Å². The van der Waals surface area contributed by atoms with Crippen molar-refractivity contribution in [3.05, 3.63) is 72.4 Å². The van der Waals surface area contributed by atoms with E-state index in [4.69, 9.17) is 9.72 Å². The summed E-state index contributed by atoms with van der Waals surface area (Å²) < 4.78 is 7.35. The molecule has 4 aromatic rings. The van der Waals surface area contributed by atoms with Crippen LogP contribution in [0, 0.1) is 5.92 Å². The molecule has 0 aliphatic carbocycles. The van der Waals surface area contributed by atoms with Gasteiger partial charge in [0.1, 0.15) is 5.52 Å². The fourth-order valence-corrected chi connectivity index (χ4v) is 5.04. The number of urea groups is 1. The molecule has 3 amide bonds. The van der Waals surface area contributed by atoms with Crippen molar-refractivity contribution in [2.75, 3.05) is 54.9 Å². The Morgan fingerprint density at radius 1 is 0.923 bits per heavy atom. The third-order valence-electron chi connectivity index (χ3n) is 7.18. The van der Waals surface area contributed by atoms with Crippen LogP contribution >= 0.6 is 0 Å². The number of rotatable bonds is 5. The van der Waals surface area contributed by atoms with Gasteiger partial charge in [-0.3, -0.25) is 4.79 Å². The van der Waals surface area contributed by atoms with E-state index in [0.717, 1.165) is 49.5 Å². The number of amides is 3. The van der Waals surface area contributed by atoms with Crippen LogP contribution in [0.15, 0.2) is 66.9 Å². The van der Waals surface area contributed by atoms with Gasteiger partial charge in [0.15, 0.2) is 11.6 Å². The first-order valence-electron chi connectivity index (χ1n) is 13.3. The third-order valence-corrected chi connectivity index (χ3v) is 7.18. The lowest BCUT2D eigenvalue weighted by Gasteiger charge is -2.28. The molecule has 2 aromatic carbocycles. The summed E-state index contributed by atoms with van der Waals surface area (Å²) in [6, 6.07) is 18.0. The zero-order valence-corrected chi connectivity index (χ0v) is 21.8. The van der Waals surface area contributed by atoms with Gasteiger partial charge in [0.2, 0.25) is 0 Å². The molecular weight excluding hydrogens is 494 g/mol. The first-order chi connectivity index (χ1) is 19.0. The van der Waals surface area contributed by atoms with Crippen LogP contribution in [-0.4, -0.2) is 70.8 Å². The summed E-state index contributed by atoms with van der Waals surface area (Å²) in [5.41, 5.74) is 3.68. The van der Waals surface area contributed by atoms with Crippen molar-refractivity contribution in [1.29, 1.82) is 0 Å². The summed E-state index contributed by atoms with van der Waals surface area (Å²) in [6.45, 7) is 6.67. The Morgan fingerprint density at radius 2 is 1.62 bits per heavy atom. The summed E-state index contributed by atoms with van der Waals surface area (Å²) in [6.07, 6.45) is 2.96. The molecule has 2 saturated heterocycles. The maximum Gasteiger partial charge on any atom is 0.323 e. The number of nitrogens with zero attached hydrogens (tertiary/aromatic N) is 5. The van der Waals surface area contributed by atoms with Gasteiger partial charge in [0, 0.05) is 54.9 Å². The molecule has 0 bridgehead atoms. The number of likely N-dealkylation sites (tertiary alicyclic amines) is 1. The topological polar surface area (TPSA) is 104 Å². The average molecular weight is 526 g/mol. The first-order valence-corrected chi connectivity index (χ1v) is 13.3. The van der Waals surface area contributed by atoms with E-state index in [9.17, 15) is 9.59 Å². The molecule has 2 aliphatic heterocycles. The van der Waals surface area contributed by atoms with Gasteiger partial charge in [-0.2, -0.15) is 0 Å². The van der Waals surface area contributed by atoms with Crippen LogP contribution in [0.5, 0.6) is 0 Å². The Hall–Kier alpha value is -4.44. The predicted molar refractivity (Wildman–Crippen MR) is 150 cm³/mol. The maximum absolute atomic E-state index is 12.7. The monoisotopic (exact) mass is 525 g/mol. The third kappa shape index (κ3) is 5.42. The van der Waals surface area contributed by atoms with E-state index < -0.39 is 0 Å². The van der Waals surface area contributed by atoms with Gasteiger partial charge in [-0.05, 0) is 73.0 Å². The van der Waals surface area contributed by atoms with Crippen LogP contribution in [0.4, 0.5) is 22.0 Å². The van der Waals surface area contributed by atoms with E-state index in [1.807, 2.05) is 52.0 Å². The highest BCUT2D eigenvalue weighted by Crippen LogP contribution is 2.25. The van der Waals surface area contributed by atoms with Crippen molar-refractivity contribution in [3.8, 4) is 11.4 Å². The SMILES string of the molecule is CC1CCN(C(=O)c2ccc(NC(=O)Nc3ccc(-c4nc(N5CCOCC5)c5cccn5n4)cc3)cc2)C1. The molecule has 2 fully saturated rings. The molecule has 0 radical (unpaired) electrons. The van der Waals surface area contributed by atoms with Crippen LogP contribution in [0.25, 0.3) is 16.9 Å². The highest BCUT2D eigenvalue weighted by atomic mass is 16.5. The number of carbonyl (C=O) groups excluding carboxylic acids is 2. The van der Waals surface area contributed by atoms with Crippen molar-refractivity contribution in [2.24, 2.45) is 5.92 Å². The van der Waals surface area contributed by atoms with Gasteiger partial charge >= 0.3 is 6.03 Å². The van der Waals surface area contributed by atoms with E-state index in [1.54, 1.807) is 24.3 Å². The summed E-state index contributed by atoms with van der Waals surface area (Å²) in [4.78, 5) is 34.2. The number of hydrogen-bond donors (Lipinski definition) is 2. The first kappa shape index (κ1) is 24.9. The lowest BCUT2D eigenvalue weighted by molar-refractivity contribution is 0.0788. The number of ether oxygens (including phenoxy) is 1. The molecule has 1 unspecified atom stereocenters. The number of hydrogen-bond acceptors (Lipinski definition) is 6. The Balaban J connectivity index is 1.10. The molecule has 2 N–H and O–H groups in total. The Morgan fingerprint density at radius 3 is 2.28 bits per heavy atom. The van der Waals surface area contributed by atoms with Gasteiger partial charge in [-0.1, -0.05) is 6.92 Å². The second-order valence-electron chi connectivity index (χ2n) is 10.1. The smallest absolute Gasteiger partial charge is 0.323 e. The molecule has 2 aromatic heterocycles. The van der Waals surface area contributed by atoms with Crippen LogP contribution in [0.2, 0.25) is 0 Å². The maximum atomic E-state index is 12.7. The molecule has 39 heavy (non-hydrogen) atoms. The normalized spacial score (nSPS) is 17.4. The van der Waals surface area contributed by atoms with E-state index in [1.165, 1.54) is 0 Å². The molecule has 0 saturated carbocycles. The minimum Gasteiger partial charge on any atom is -0.378 e. The van der Waals surface area contributed by atoms with Gasteiger partial charge in [0.25, 0.3) is 5.91 Å². The van der Waals surface area contributed by atoms with E-state index in [0.29, 0.717) is 41.9 Å². The number of benzene rings is 2. The van der Waals surface area contributed by atoms with Gasteiger partial charge in [-0.15, -0.1) is 5.10 Å². The second-order valence-corrected chi connectivity index (χ2v) is 10.1. The average Bonchev–Trinajstić information content (AvgIpc) is 3.62. The Kier molecular flexibility index (Phi) is 6.85. The van der Waals surface area contributed by atoms with E-state index in [-0.39, 0.29) is 11.9 Å². The lowest BCUT2D eigenvalue weighted by atomic mass is 10.1. The number of aromatic nitrogens is 3. The van der Waals surface area contributed by atoms with Crippen molar-refractivity contribution in [2.45, 2.75) is 13.3 Å². The number of fused-ring (bicyclic) bond motifs is 1. The largest absolute Gasteiger partial charge is 0.378 e. The van der Waals surface area contributed by atoms with Crippen LogP contribution in [0.3, 0.4) is 0 Å². The summed E-state index contributed by atoms with van der Waals surface area (Å²) in [5, 5.41) is 10.3. The summed E-state index contributed by atoms with van der Waals surface area (Å²) >= 11 is 0. The zero-order chi connectivity index (χ0) is 26.8. The molecule has 0 spiro atoms. The van der Waals surface area contributed by atoms with Gasteiger partial charge in [0.05, 0.1) is 13.2 Å². The van der Waals surface area contributed by atoms with Crippen molar-refractivity contribution < 1.29 is 14.3 Å². The fraction of sp³-hybridized carbons (Fsp3) is 0.310. The van der Waals surface area contributed by atoms with E-state index >= 15 is 0 Å². The molecule has 4 heterocycles. The summed E-state index contributed by atoms with van der Waals surface area (Å²) in [7, 11) is 0. The highest BCUT2D eigenvalue weighted by molar-refractivity contribution is 6.00. The molecule has 10 nitrogen and oxygen atoms in total. The Bertz CT molecular complexity index is 1480. The Labute approximate surface area is 226 Å². The molecular formula is C29H31N7O3. The zero-order valence-electron chi connectivity index (χ0n) is 21.8. The van der Waals surface area contributed by atoms with Crippen LogP contribution in [-0.2, 0) is 4.74 Å². The number of anilines is 3. The van der Waals surface area contributed by atoms with Crippen molar-refractivity contribution in [1.82, 2.24) is 19.5 Å². The molecule has 10 heteroatoms. The molecule has 6 rings (SSSR count). The molecule has 1 atom stereocenters. The van der Waals surface area contributed by atoms with Crippen molar-refractivity contribution in [3.63, 3.8) is 0 Å². The van der Waals surface area contributed by atoms with Crippen LogP contribution < -0.4 is 15.5 Å². The van der Waals surface area contributed by atoms with Gasteiger partial charge < -0.3 is 25.2 Å². The summed E-state index contributed by atoms with van der Waals surface area (Å²) in [5.74, 6) is 2.06. The number of morpholine rings is 1. The minimum atomic E-state index is -0.366. The van der Waals surface area contributed by atoms with E-state index in [2.05, 4.69) is 27.6 Å². The predicted octanol–water partition coefficient (Wildman–Crippen LogP) is 4.36. The second kappa shape index (κ2) is 10.7. The number of carbonyl (C=O) groups is 2. The molecule has 2 aliphatic rings. The fourth-order valence-electron chi connectivity index (χ4n) is 5.04. The quantitative estimate of drug-likeness (QED) is 0.401. The van der Waals surface area contributed by atoms with Crippen molar-refractivity contribution >= 4 is 34.6 Å². The van der Waals surface area contributed by atoms with Gasteiger partial charge in [-0.25, -0.2) is 14.3 Å². The molecule has 200 valence electrons. The highest BCUT2D eigenvalue weighted by Gasteiger charge is 2.24. The number of nitrogens with one attached hydrogen (secondary N) is 2. The lowest BCUT2D eigenvalue weighted by Crippen LogP contribution is -2.37. The standard InChI is InChI=1S/C29H31N7O3/c1-20-12-14-35(19-20)28(37)22-6-10-24(11-7-22)31-29(38)30-23-8-4-21(5-9-23)26-32-27(34-15-17-39-18-16-34)25-3-2-13-36(25)33-26/h2-11,13,20H,12,14-19H2,1H3,(H2,30,31,38).